The molecule has 8 nitrogen and oxygen atoms in total. The number of carbonyl (C=O) groups excluding carboxylic acids is 3. The number of nitrogens with one attached hydrogen (secondary N) is 1. The van der Waals surface area contributed by atoms with E-state index < -0.39 is 11.8 Å². The summed E-state index contributed by atoms with van der Waals surface area (Å²) in [6.45, 7) is 4.92. The van der Waals surface area contributed by atoms with Crippen molar-refractivity contribution >= 4 is 46.4 Å². The van der Waals surface area contributed by atoms with E-state index in [1.165, 1.54) is 0 Å². The van der Waals surface area contributed by atoms with E-state index >= 15 is 0 Å². The predicted octanol–water partition coefficient (Wildman–Crippen LogP) is 4.29. The Balaban J connectivity index is 1.63. The summed E-state index contributed by atoms with van der Waals surface area (Å²) in [5.41, 5.74) is 9.11. The molecule has 1 aliphatic heterocycles. The minimum atomic E-state index is -0.469. The van der Waals surface area contributed by atoms with Crippen LogP contribution in [0, 0.1) is 5.92 Å². The monoisotopic (exact) mass is 523 g/mol. The van der Waals surface area contributed by atoms with Gasteiger partial charge in [0.25, 0.3) is 11.8 Å². The SMILES string of the molecule is C/C=C(\N=C(C)C1CCN(C(=O)c2cccc(N(C)C)c2)CC1)C(=O)Nc1cc(CC(N)=O)ccc1Cl. The normalized spacial score (nSPS) is 14.9. The topological polar surface area (TPSA) is 108 Å². The molecule has 2 aromatic carbocycles. The molecule has 1 saturated heterocycles. The molecular formula is C28H34ClN5O3. The molecule has 3 amide bonds. The number of amides is 3. The second-order valence-electron chi connectivity index (χ2n) is 9.35. The lowest BCUT2D eigenvalue weighted by molar-refractivity contribution is -0.117. The molecule has 37 heavy (non-hydrogen) atoms. The van der Waals surface area contributed by atoms with Gasteiger partial charge < -0.3 is 20.9 Å². The van der Waals surface area contributed by atoms with Crippen molar-refractivity contribution in [3.05, 3.63) is 70.4 Å². The Kier molecular flexibility index (Phi) is 9.47. The Morgan fingerprint density at radius 1 is 1.16 bits per heavy atom. The van der Waals surface area contributed by atoms with Crippen LogP contribution in [0.3, 0.4) is 0 Å². The van der Waals surface area contributed by atoms with Crippen LogP contribution in [0.2, 0.25) is 5.02 Å². The molecule has 0 radical (unpaired) electrons. The molecular weight excluding hydrogens is 490 g/mol. The van der Waals surface area contributed by atoms with Crippen molar-refractivity contribution in [1.29, 1.82) is 0 Å². The Labute approximate surface area is 223 Å². The first-order valence-electron chi connectivity index (χ1n) is 12.2. The number of carbonyl (C=O) groups is 3. The van der Waals surface area contributed by atoms with Crippen LogP contribution in [0.25, 0.3) is 0 Å². The first-order chi connectivity index (χ1) is 17.6. The number of anilines is 2. The standard InChI is InChI=1S/C28H34ClN5O3/c1-5-24(27(36)32-25-15-19(16-26(30)35)9-10-23(25)29)31-18(2)20-11-13-34(14-12-20)28(37)21-7-6-8-22(17-21)33(3)4/h5-10,15,17,20H,11-14,16H2,1-4H3,(H2,30,35)(H,32,36)/b24-5-,31-18?. The van der Waals surface area contributed by atoms with Crippen LogP contribution < -0.4 is 16.0 Å². The van der Waals surface area contributed by atoms with E-state index in [-0.39, 0.29) is 23.9 Å². The number of halogens is 1. The first kappa shape index (κ1) is 27.9. The lowest BCUT2D eigenvalue weighted by Crippen LogP contribution is -2.40. The van der Waals surface area contributed by atoms with Gasteiger partial charge in [-0.15, -0.1) is 0 Å². The Hall–Kier alpha value is -3.65. The lowest BCUT2D eigenvalue weighted by Gasteiger charge is -2.32. The van der Waals surface area contributed by atoms with Crippen LogP contribution in [-0.2, 0) is 16.0 Å². The van der Waals surface area contributed by atoms with Gasteiger partial charge in [0.2, 0.25) is 5.91 Å². The minimum Gasteiger partial charge on any atom is -0.378 e. The van der Waals surface area contributed by atoms with Gasteiger partial charge >= 0.3 is 0 Å². The van der Waals surface area contributed by atoms with Gasteiger partial charge in [-0.05, 0) is 62.6 Å². The summed E-state index contributed by atoms with van der Waals surface area (Å²) in [5, 5.41) is 3.13. The summed E-state index contributed by atoms with van der Waals surface area (Å²) in [4.78, 5) is 45.7. The van der Waals surface area contributed by atoms with Crippen LogP contribution in [0.1, 0.15) is 42.6 Å². The van der Waals surface area contributed by atoms with E-state index in [0.29, 0.717) is 34.9 Å². The molecule has 1 aliphatic rings. The second kappa shape index (κ2) is 12.5. The summed E-state index contributed by atoms with van der Waals surface area (Å²) in [5.74, 6) is -0.666. The van der Waals surface area contributed by atoms with Gasteiger partial charge in [-0.2, -0.15) is 0 Å². The van der Waals surface area contributed by atoms with Crippen LogP contribution in [0.5, 0.6) is 0 Å². The highest BCUT2D eigenvalue weighted by molar-refractivity contribution is 6.34. The highest BCUT2D eigenvalue weighted by atomic mass is 35.5. The smallest absolute Gasteiger partial charge is 0.273 e. The number of piperidine rings is 1. The quantitative estimate of drug-likeness (QED) is 0.397. The highest BCUT2D eigenvalue weighted by Crippen LogP contribution is 2.25. The van der Waals surface area contributed by atoms with Gasteiger partial charge in [0, 0.05) is 50.1 Å². The number of nitrogens with zero attached hydrogens (tertiary/aromatic N) is 3. The molecule has 0 bridgehead atoms. The van der Waals surface area contributed by atoms with Crippen molar-refractivity contribution in [2.75, 3.05) is 37.4 Å². The third kappa shape index (κ3) is 7.43. The van der Waals surface area contributed by atoms with Crippen LogP contribution in [0.4, 0.5) is 11.4 Å². The molecule has 196 valence electrons. The Bertz CT molecular complexity index is 1230. The third-order valence-corrected chi connectivity index (χ3v) is 6.77. The zero-order valence-electron chi connectivity index (χ0n) is 21.8. The molecule has 2 aromatic rings. The zero-order valence-corrected chi connectivity index (χ0v) is 22.5. The van der Waals surface area contributed by atoms with Crippen molar-refractivity contribution in [3.63, 3.8) is 0 Å². The maximum atomic E-state index is 13.0. The molecule has 0 aromatic heterocycles. The van der Waals surface area contributed by atoms with Crippen molar-refractivity contribution < 1.29 is 14.4 Å². The summed E-state index contributed by atoms with van der Waals surface area (Å²) in [6.07, 6.45) is 3.24. The lowest BCUT2D eigenvalue weighted by atomic mass is 9.92. The van der Waals surface area contributed by atoms with Crippen molar-refractivity contribution in [2.24, 2.45) is 16.6 Å². The highest BCUT2D eigenvalue weighted by Gasteiger charge is 2.26. The molecule has 0 atom stereocenters. The number of hydrogen-bond acceptors (Lipinski definition) is 5. The maximum absolute atomic E-state index is 13.0. The van der Waals surface area contributed by atoms with E-state index in [4.69, 9.17) is 17.3 Å². The fourth-order valence-corrected chi connectivity index (χ4v) is 4.46. The van der Waals surface area contributed by atoms with Gasteiger partial charge in [0.15, 0.2) is 0 Å². The van der Waals surface area contributed by atoms with Gasteiger partial charge in [0.05, 0.1) is 17.1 Å². The minimum absolute atomic E-state index is 0.0284. The number of benzene rings is 2. The van der Waals surface area contributed by atoms with E-state index in [2.05, 4.69) is 10.3 Å². The summed E-state index contributed by atoms with van der Waals surface area (Å²) in [6, 6.07) is 12.6. The van der Waals surface area contributed by atoms with Gasteiger partial charge in [0.1, 0.15) is 5.70 Å². The zero-order chi connectivity index (χ0) is 27.1. The third-order valence-electron chi connectivity index (χ3n) is 6.44. The van der Waals surface area contributed by atoms with E-state index in [0.717, 1.165) is 24.2 Å². The first-order valence-corrected chi connectivity index (χ1v) is 12.6. The van der Waals surface area contributed by atoms with Crippen molar-refractivity contribution in [3.8, 4) is 0 Å². The molecule has 1 heterocycles. The molecule has 0 unspecified atom stereocenters. The largest absolute Gasteiger partial charge is 0.378 e. The molecule has 1 fully saturated rings. The molecule has 3 rings (SSSR count). The van der Waals surface area contributed by atoms with Gasteiger partial charge in [-0.3, -0.25) is 19.4 Å². The van der Waals surface area contributed by atoms with Gasteiger partial charge in [-0.25, -0.2) is 0 Å². The number of primary amides is 1. The molecule has 0 aliphatic carbocycles. The Morgan fingerprint density at radius 2 is 1.86 bits per heavy atom. The summed E-state index contributed by atoms with van der Waals surface area (Å²) in [7, 11) is 3.90. The summed E-state index contributed by atoms with van der Waals surface area (Å²) >= 11 is 6.24. The molecule has 3 N–H and O–H groups in total. The van der Waals surface area contributed by atoms with E-state index in [9.17, 15) is 14.4 Å². The van der Waals surface area contributed by atoms with Crippen LogP contribution >= 0.6 is 11.6 Å². The second-order valence-corrected chi connectivity index (χ2v) is 9.76. The molecule has 9 heteroatoms. The molecule has 0 spiro atoms. The van der Waals surface area contributed by atoms with Gasteiger partial charge in [-0.1, -0.05) is 29.8 Å². The number of hydrogen-bond donors (Lipinski definition) is 2. The fourth-order valence-electron chi connectivity index (χ4n) is 4.29. The van der Waals surface area contributed by atoms with E-state index in [1.807, 2.05) is 55.1 Å². The predicted molar refractivity (Wildman–Crippen MR) is 149 cm³/mol. The number of aliphatic imine (C=N–C) groups is 1. The maximum Gasteiger partial charge on any atom is 0.273 e. The average molecular weight is 524 g/mol. The van der Waals surface area contributed by atoms with E-state index in [1.54, 1.807) is 31.2 Å². The number of nitrogens with two attached hydrogens (primary N) is 1. The van der Waals surface area contributed by atoms with Crippen molar-refractivity contribution in [1.82, 2.24) is 4.90 Å². The molecule has 0 saturated carbocycles. The Morgan fingerprint density at radius 3 is 2.49 bits per heavy atom. The number of allylic oxidation sites excluding steroid dienone is 1. The van der Waals surface area contributed by atoms with Crippen molar-refractivity contribution in [2.45, 2.75) is 33.1 Å². The fraction of sp³-hybridized carbons (Fsp3) is 0.357. The summed E-state index contributed by atoms with van der Waals surface area (Å²) < 4.78 is 0. The number of rotatable bonds is 8. The average Bonchev–Trinajstić information content (AvgIpc) is 2.88. The number of likely N-dealkylation sites (tertiary alicyclic amines) is 1. The van der Waals surface area contributed by atoms with Crippen LogP contribution in [0.15, 0.2) is 59.2 Å². The van der Waals surface area contributed by atoms with Crippen LogP contribution in [-0.4, -0.2) is 55.5 Å².